The molecule has 1 saturated carbocycles. The number of hydrogen-bond acceptors (Lipinski definition) is 3. The average Bonchev–Trinajstić information content (AvgIpc) is 2.65. The maximum Gasteiger partial charge on any atom is 0.408 e. The predicted octanol–water partition coefficient (Wildman–Crippen LogP) is 3.78. The van der Waals surface area contributed by atoms with Gasteiger partial charge in [-0.15, -0.1) is 0 Å². The molecule has 1 aliphatic rings. The fourth-order valence-corrected chi connectivity index (χ4v) is 3.13. The zero-order valence-electron chi connectivity index (χ0n) is 15.3. The first-order chi connectivity index (χ1) is 12.1. The molecule has 2 unspecified atom stereocenters. The topological polar surface area (TPSA) is 67.4 Å². The van der Waals surface area contributed by atoms with Crippen LogP contribution in [0.25, 0.3) is 0 Å². The highest BCUT2D eigenvalue weighted by Gasteiger charge is 2.28. The predicted molar refractivity (Wildman–Crippen MR) is 98.0 cm³/mol. The Hall–Kier alpha value is -2.04. The Morgan fingerprint density at radius 2 is 1.84 bits per heavy atom. The normalized spacial score (nSPS) is 17.4. The maximum absolute atomic E-state index is 12.6. The molecule has 1 aromatic rings. The Morgan fingerprint density at radius 3 is 2.48 bits per heavy atom. The zero-order valence-corrected chi connectivity index (χ0v) is 15.3. The quantitative estimate of drug-likeness (QED) is 0.789. The summed E-state index contributed by atoms with van der Waals surface area (Å²) < 4.78 is 5.26. The third kappa shape index (κ3) is 6.40. The number of benzene rings is 1. The summed E-state index contributed by atoms with van der Waals surface area (Å²) in [7, 11) is 0. The Bertz CT molecular complexity index is 541. The highest BCUT2D eigenvalue weighted by atomic mass is 16.5. The van der Waals surface area contributed by atoms with E-state index in [0.717, 1.165) is 37.7 Å². The van der Waals surface area contributed by atoms with Crippen LogP contribution in [0.2, 0.25) is 0 Å². The van der Waals surface area contributed by atoms with Crippen LogP contribution in [0.3, 0.4) is 0 Å². The van der Waals surface area contributed by atoms with Crippen molar-refractivity contribution in [3.8, 4) is 0 Å². The SMILES string of the molecule is CCC(C)C(NC(=O)OCc1ccccc1)C(=O)NC1CCCCC1. The van der Waals surface area contributed by atoms with Gasteiger partial charge in [0.1, 0.15) is 12.6 Å². The third-order valence-corrected chi connectivity index (χ3v) is 4.93. The molecule has 2 rings (SSSR count). The Balaban J connectivity index is 1.87. The average molecular weight is 346 g/mol. The number of alkyl carbamates (subject to hydrolysis) is 1. The number of hydrogen-bond donors (Lipinski definition) is 2. The largest absolute Gasteiger partial charge is 0.445 e. The molecule has 0 radical (unpaired) electrons. The van der Waals surface area contributed by atoms with Crippen molar-refractivity contribution in [3.63, 3.8) is 0 Å². The number of rotatable bonds is 7. The van der Waals surface area contributed by atoms with E-state index in [9.17, 15) is 9.59 Å². The van der Waals surface area contributed by atoms with Gasteiger partial charge in [-0.05, 0) is 24.3 Å². The highest BCUT2D eigenvalue weighted by Crippen LogP contribution is 2.18. The molecule has 0 heterocycles. The van der Waals surface area contributed by atoms with Gasteiger partial charge in [0.15, 0.2) is 0 Å². The number of carbonyl (C=O) groups is 2. The van der Waals surface area contributed by atoms with Crippen molar-refractivity contribution in [3.05, 3.63) is 35.9 Å². The summed E-state index contributed by atoms with van der Waals surface area (Å²) in [5, 5.41) is 5.86. The molecule has 2 amide bonds. The van der Waals surface area contributed by atoms with E-state index in [4.69, 9.17) is 4.74 Å². The van der Waals surface area contributed by atoms with Gasteiger partial charge in [-0.1, -0.05) is 69.9 Å². The number of amides is 2. The van der Waals surface area contributed by atoms with Crippen LogP contribution < -0.4 is 10.6 Å². The minimum absolute atomic E-state index is 0.0489. The highest BCUT2D eigenvalue weighted by molar-refractivity contribution is 5.86. The van der Waals surface area contributed by atoms with Gasteiger partial charge in [0.25, 0.3) is 0 Å². The van der Waals surface area contributed by atoms with Crippen molar-refractivity contribution in [1.29, 1.82) is 0 Å². The lowest BCUT2D eigenvalue weighted by Crippen LogP contribution is -2.52. The minimum Gasteiger partial charge on any atom is -0.445 e. The molecule has 25 heavy (non-hydrogen) atoms. The van der Waals surface area contributed by atoms with Gasteiger partial charge in [-0.2, -0.15) is 0 Å². The molecule has 1 aliphatic carbocycles. The van der Waals surface area contributed by atoms with E-state index in [2.05, 4.69) is 10.6 Å². The van der Waals surface area contributed by atoms with Crippen LogP contribution in [0.4, 0.5) is 4.79 Å². The fraction of sp³-hybridized carbons (Fsp3) is 0.600. The van der Waals surface area contributed by atoms with E-state index in [1.807, 2.05) is 44.2 Å². The summed E-state index contributed by atoms with van der Waals surface area (Å²) in [5.41, 5.74) is 0.921. The first-order valence-electron chi connectivity index (χ1n) is 9.37. The lowest BCUT2D eigenvalue weighted by atomic mass is 9.93. The van der Waals surface area contributed by atoms with Crippen LogP contribution >= 0.6 is 0 Å². The van der Waals surface area contributed by atoms with Gasteiger partial charge in [0, 0.05) is 6.04 Å². The van der Waals surface area contributed by atoms with Crippen LogP contribution in [-0.4, -0.2) is 24.1 Å². The molecule has 138 valence electrons. The van der Waals surface area contributed by atoms with E-state index in [0.29, 0.717) is 0 Å². The van der Waals surface area contributed by atoms with E-state index in [-0.39, 0.29) is 24.5 Å². The summed E-state index contributed by atoms with van der Waals surface area (Å²) in [5.74, 6) is -0.0502. The van der Waals surface area contributed by atoms with Crippen molar-refractivity contribution in [2.75, 3.05) is 0 Å². The zero-order chi connectivity index (χ0) is 18.1. The Morgan fingerprint density at radius 1 is 1.16 bits per heavy atom. The molecule has 1 fully saturated rings. The molecular weight excluding hydrogens is 316 g/mol. The maximum atomic E-state index is 12.6. The lowest BCUT2D eigenvalue weighted by molar-refractivity contribution is -0.125. The molecule has 5 nitrogen and oxygen atoms in total. The summed E-state index contributed by atoms with van der Waals surface area (Å²) in [6, 6.07) is 9.18. The van der Waals surface area contributed by atoms with Crippen molar-refractivity contribution in [2.24, 2.45) is 5.92 Å². The van der Waals surface area contributed by atoms with Crippen LogP contribution in [0, 0.1) is 5.92 Å². The minimum atomic E-state index is -0.560. The molecular formula is C20H30N2O3. The van der Waals surface area contributed by atoms with Crippen molar-refractivity contribution in [1.82, 2.24) is 10.6 Å². The molecule has 0 saturated heterocycles. The molecule has 0 spiro atoms. The van der Waals surface area contributed by atoms with Crippen molar-refractivity contribution in [2.45, 2.75) is 71.1 Å². The second-order valence-electron chi connectivity index (χ2n) is 6.91. The van der Waals surface area contributed by atoms with Gasteiger partial charge in [0.05, 0.1) is 0 Å². The van der Waals surface area contributed by atoms with Crippen molar-refractivity contribution >= 4 is 12.0 Å². The monoisotopic (exact) mass is 346 g/mol. The molecule has 0 aromatic heterocycles. The van der Waals surface area contributed by atoms with Crippen LogP contribution in [0.1, 0.15) is 57.9 Å². The summed E-state index contributed by atoms with van der Waals surface area (Å²) in [4.78, 5) is 24.8. The molecule has 0 bridgehead atoms. The molecule has 2 atom stereocenters. The third-order valence-electron chi connectivity index (χ3n) is 4.93. The molecule has 5 heteroatoms. The van der Waals surface area contributed by atoms with Gasteiger partial charge in [0.2, 0.25) is 5.91 Å². The van der Waals surface area contributed by atoms with Gasteiger partial charge in [-0.3, -0.25) is 4.79 Å². The second-order valence-corrected chi connectivity index (χ2v) is 6.91. The van der Waals surface area contributed by atoms with Gasteiger partial charge < -0.3 is 15.4 Å². The van der Waals surface area contributed by atoms with Crippen LogP contribution in [0.15, 0.2) is 30.3 Å². The van der Waals surface area contributed by atoms with Crippen LogP contribution in [0.5, 0.6) is 0 Å². The van der Waals surface area contributed by atoms with E-state index in [1.54, 1.807) is 0 Å². The first kappa shape index (κ1) is 19.3. The summed E-state index contributed by atoms with van der Waals surface area (Å²) >= 11 is 0. The van der Waals surface area contributed by atoms with E-state index in [1.165, 1.54) is 6.42 Å². The smallest absolute Gasteiger partial charge is 0.408 e. The standard InChI is InChI=1S/C20H30N2O3/c1-3-15(2)18(19(23)21-17-12-8-5-9-13-17)22-20(24)25-14-16-10-6-4-7-11-16/h4,6-7,10-11,15,17-18H,3,5,8-9,12-14H2,1-2H3,(H,21,23)(H,22,24). The van der Waals surface area contributed by atoms with Gasteiger partial charge >= 0.3 is 6.09 Å². The number of ether oxygens (including phenoxy) is 1. The number of carbonyl (C=O) groups excluding carboxylic acids is 2. The number of nitrogens with one attached hydrogen (secondary N) is 2. The van der Waals surface area contributed by atoms with Gasteiger partial charge in [-0.25, -0.2) is 4.79 Å². The molecule has 0 aliphatic heterocycles. The first-order valence-corrected chi connectivity index (χ1v) is 9.37. The Kier molecular flexibility index (Phi) is 7.76. The fourth-order valence-electron chi connectivity index (χ4n) is 3.13. The summed E-state index contributed by atoms with van der Waals surface area (Å²) in [6.45, 7) is 4.19. The molecule has 1 aromatic carbocycles. The van der Waals surface area contributed by atoms with E-state index >= 15 is 0 Å². The Labute approximate surface area is 150 Å². The molecule has 2 N–H and O–H groups in total. The van der Waals surface area contributed by atoms with Crippen molar-refractivity contribution < 1.29 is 14.3 Å². The second kappa shape index (κ2) is 10.1. The lowest BCUT2D eigenvalue weighted by Gasteiger charge is -2.28. The van der Waals surface area contributed by atoms with Crippen LogP contribution in [-0.2, 0) is 16.1 Å². The van der Waals surface area contributed by atoms with E-state index < -0.39 is 12.1 Å². The summed E-state index contributed by atoms with van der Waals surface area (Å²) in [6.07, 6.45) is 5.87.